The summed E-state index contributed by atoms with van der Waals surface area (Å²) in [5, 5.41) is 18.1. The third kappa shape index (κ3) is 2.00. The van der Waals surface area contributed by atoms with Crippen LogP contribution in [0.4, 0.5) is 5.69 Å². The number of aromatic nitrogens is 3. The summed E-state index contributed by atoms with van der Waals surface area (Å²) in [5.41, 5.74) is -0.0566. The van der Waals surface area contributed by atoms with Crippen LogP contribution in [0.3, 0.4) is 0 Å². The van der Waals surface area contributed by atoms with Crippen molar-refractivity contribution in [3.8, 4) is 5.69 Å². The minimum atomic E-state index is -0.580. The van der Waals surface area contributed by atoms with Gasteiger partial charge in [0.15, 0.2) is 12.0 Å². The van der Waals surface area contributed by atoms with E-state index in [-0.39, 0.29) is 22.1 Å². The van der Waals surface area contributed by atoms with E-state index < -0.39 is 4.92 Å². The fraction of sp³-hybridized carbons (Fsp3) is 0. The summed E-state index contributed by atoms with van der Waals surface area (Å²) in [7, 11) is 0. The molecule has 17 heavy (non-hydrogen) atoms. The summed E-state index contributed by atoms with van der Waals surface area (Å²) in [6.07, 6.45) is 1.76. The number of carbonyl (C=O) groups excluding carboxylic acids is 1. The van der Waals surface area contributed by atoms with Crippen LogP contribution in [-0.2, 0) is 0 Å². The molecule has 2 rings (SSSR count). The van der Waals surface area contributed by atoms with E-state index in [1.54, 1.807) is 0 Å². The zero-order valence-electron chi connectivity index (χ0n) is 8.28. The second-order valence-corrected chi connectivity index (χ2v) is 3.48. The van der Waals surface area contributed by atoms with E-state index >= 15 is 0 Å². The molecule has 0 radical (unpaired) electrons. The lowest BCUT2D eigenvalue weighted by atomic mass is 10.2. The molecule has 0 saturated carbocycles. The highest BCUT2D eigenvalue weighted by atomic mass is 35.5. The molecule has 2 aromatic rings. The number of nitrogens with zero attached hydrogens (tertiary/aromatic N) is 4. The number of halogens is 1. The van der Waals surface area contributed by atoms with Gasteiger partial charge >= 0.3 is 0 Å². The maximum atomic E-state index is 10.8. The van der Waals surface area contributed by atoms with Crippen molar-refractivity contribution in [2.75, 3.05) is 0 Å². The van der Waals surface area contributed by atoms with Crippen LogP contribution in [0.5, 0.6) is 0 Å². The highest BCUT2D eigenvalue weighted by Gasteiger charge is 2.19. The van der Waals surface area contributed by atoms with E-state index in [1.807, 2.05) is 0 Å². The number of para-hydroxylation sites is 1. The molecule has 1 aromatic carbocycles. The second kappa shape index (κ2) is 4.30. The first kappa shape index (κ1) is 11.2. The van der Waals surface area contributed by atoms with Crippen LogP contribution in [0.25, 0.3) is 5.69 Å². The van der Waals surface area contributed by atoms with Crippen LogP contribution >= 0.6 is 11.6 Å². The predicted molar refractivity (Wildman–Crippen MR) is 58.4 cm³/mol. The van der Waals surface area contributed by atoms with E-state index in [0.717, 1.165) is 4.68 Å². The molecule has 1 aromatic heterocycles. The molecule has 0 amide bonds. The Balaban J connectivity index is 2.64. The van der Waals surface area contributed by atoms with Gasteiger partial charge in [-0.3, -0.25) is 14.9 Å². The summed E-state index contributed by atoms with van der Waals surface area (Å²) in [6.45, 7) is 0. The number of carbonyl (C=O) groups is 1. The van der Waals surface area contributed by atoms with Crippen LogP contribution in [0.2, 0.25) is 5.02 Å². The Kier molecular flexibility index (Phi) is 2.84. The summed E-state index contributed by atoms with van der Waals surface area (Å²) in [5.74, 6) is 0. The smallest absolute Gasteiger partial charge is 0.296 e. The van der Waals surface area contributed by atoms with Crippen LogP contribution in [-0.4, -0.2) is 26.2 Å². The number of aldehydes is 1. The molecule has 0 aliphatic carbocycles. The van der Waals surface area contributed by atoms with Gasteiger partial charge in [0, 0.05) is 6.07 Å². The number of rotatable bonds is 3. The molecule has 86 valence electrons. The van der Waals surface area contributed by atoms with Gasteiger partial charge < -0.3 is 0 Å². The predicted octanol–water partition coefficient (Wildman–Crippen LogP) is 1.64. The SMILES string of the molecule is O=Cc1cn(-c2c(Cl)cccc2[N+](=O)[O-])nn1. The topological polar surface area (TPSA) is 90.9 Å². The van der Waals surface area contributed by atoms with Crippen molar-refractivity contribution in [2.24, 2.45) is 0 Å². The van der Waals surface area contributed by atoms with E-state index in [9.17, 15) is 14.9 Å². The highest BCUT2D eigenvalue weighted by molar-refractivity contribution is 6.32. The quantitative estimate of drug-likeness (QED) is 0.470. The van der Waals surface area contributed by atoms with Crippen molar-refractivity contribution in [3.63, 3.8) is 0 Å². The van der Waals surface area contributed by atoms with Crippen LogP contribution in [0, 0.1) is 10.1 Å². The molecule has 0 bridgehead atoms. The molecule has 0 saturated heterocycles. The number of nitro benzene ring substituents is 1. The number of benzene rings is 1. The molecular weight excluding hydrogens is 248 g/mol. The maximum absolute atomic E-state index is 10.8. The van der Waals surface area contributed by atoms with Gasteiger partial charge in [0.05, 0.1) is 16.1 Å². The highest BCUT2D eigenvalue weighted by Crippen LogP contribution is 2.29. The first-order valence-electron chi connectivity index (χ1n) is 4.44. The lowest BCUT2D eigenvalue weighted by Gasteiger charge is -2.03. The Labute approximate surface area is 99.8 Å². The van der Waals surface area contributed by atoms with E-state index in [0.29, 0.717) is 6.29 Å². The molecule has 0 unspecified atom stereocenters. The van der Waals surface area contributed by atoms with E-state index in [1.165, 1.54) is 24.4 Å². The second-order valence-electron chi connectivity index (χ2n) is 3.07. The molecule has 0 aliphatic rings. The Morgan fingerprint density at radius 1 is 1.47 bits per heavy atom. The molecule has 0 aliphatic heterocycles. The van der Waals surface area contributed by atoms with Crippen molar-refractivity contribution in [2.45, 2.75) is 0 Å². The number of hydrogen-bond donors (Lipinski definition) is 0. The summed E-state index contributed by atoms with van der Waals surface area (Å²) < 4.78 is 1.10. The Hall–Kier alpha value is -2.28. The molecule has 0 fully saturated rings. The largest absolute Gasteiger partial charge is 0.296 e. The van der Waals surface area contributed by atoms with Gasteiger partial charge in [0.25, 0.3) is 5.69 Å². The first-order valence-corrected chi connectivity index (χ1v) is 4.82. The molecule has 0 atom stereocenters. The Morgan fingerprint density at radius 3 is 2.82 bits per heavy atom. The van der Waals surface area contributed by atoms with Gasteiger partial charge in [-0.25, -0.2) is 4.68 Å². The van der Waals surface area contributed by atoms with Crippen molar-refractivity contribution >= 4 is 23.6 Å². The molecule has 7 nitrogen and oxygen atoms in total. The number of hydrogen-bond acceptors (Lipinski definition) is 5. The molecule has 1 heterocycles. The summed E-state index contributed by atoms with van der Waals surface area (Å²) in [6, 6.07) is 4.25. The molecule has 0 N–H and O–H groups in total. The van der Waals surface area contributed by atoms with Gasteiger partial charge in [-0.15, -0.1) is 5.10 Å². The molecule has 0 spiro atoms. The lowest BCUT2D eigenvalue weighted by Crippen LogP contribution is -2.01. The minimum Gasteiger partial charge on any atom is -0.296 e. The van der Waals surface area contributed by atoms with Crippen molar-refractivity contribution < 1.29 is 9.72 Å². The average Bonchev–Trinajstić information content (AvgIpc) is 2.76. The van der Waals surface area contributed by atoms with Gasteiger partial charge in [-0.1, -0.05) is 22.9 Å². The van der Waals surface area contributed by atoms with Gasteiger partial charge in [0.1, 0.15) is 5.69 Å². The van der Waals surface area contributed by atoms with Gasteiger partial charge in [-0.05, 0) is 6.07 Å². The normalized spacial score (nSPS) is 10.2. The van der Waals surface area contributed by atoms with Crippen molar-refractivity contribution in [3.05, 3.63) is 45.2 Å². The van der Waals surface area contributed by atoms with Crippen LogP contribution < -0.4 is 0 Å². The monoisotopic (exact) mass is 252 g/mol. The summed E-state index contributed by atoms with van der Waals surface area (Å²) >= 11 is 5.88. The third-order valence-electron chi connectivity index (χ3n) is 2.02. The summed E-state index contributed by atoms with van der Waals surface area (Å²) in [4.78, 5) is 20.7. The third-order valence-corrected chi connectivity index (χ3v) is 2.33. The Bertz CT molecular complexity index is 596. The van der Waals surface area contributed by atoms with Crippen molar-refractivity contribution in [1.29, 1.82) is 0 Å². The fourth-order valence-corrected chi connectivity index (χ4v) is 1.57. The molecular formula is C9H5ClN4O3. The van der Waals surface area contributed by atoms with E-state index in [2.05, 4.69) is 10.3 Å². The fourth-order valence-electron chi connectivity index (χ4n) is 1.32. The lowest BCUT2D eigenvalue weighted by molar-refractivity contribution is -0.384. The molecule has 8 heteroatoms. The standard InChI is InChI=1S/C9H5ClN4O3/c10-7-2-1-3-8(14(16)17)9(7)13-4-6(5-15)11-12-13/h1-5H. The zero-order valence-corrected chi connectivity index (χ0v) is 9.03. The van der Waals surface area contributed by atoms with E-state index in [4.69, 9.17) is 11.6 Å². The minimum absolute atomic E-state index is 0.0687. The zero-order chi connectivity index (χ0) is 12.4. The van der Waals surface area contributed by atoms with Gasteiger partial charge in [-0.2, -0.15) is 0 Å². The maximum Gasteiger partial charge on any atom is 0.296 e. The van der Waals surface area contributed by atoms with Crippen molar-refractivity contribution in [1.82, 2.24) is 15.0 Å². The number of nitro groups is 1. The van der Waals surface area contributed by atoms with Gasteiger partial charge in [0.2, 0.25) is 0 Å². The Morgan fingerprint density at radius 2 is 2.24 bits per heavy atom. The average molecular weight is 253 g/mol. The first-order chi connectivity index (χ1) is 8.13. The van der Waals surface area contributed by atoms with Crippen LogP contribution in [0.1, 0.15) is 10.5 Å². The van der Waals surface area contributed by atoms with Crippen LogP contribution in [0.15, 0.2) is 24.4 Å².